The van der Waals surface area contributed by atoms with Gasteiger partial charge in [0.1, 0.15) is 5.82 Å². The summed E-state index contributed by atoms with van der Waals surface area (Å²) in [7, 11) is -3.60. The average molecular weight is 538 g/mol. The maximum Gasteiger partial charge on any atom is 0.243 e. The summed E-state index contributed by atoms with van der Waals surface area (Å²) in [5, 5.41) is 1.66. The van der Waals surface area contributed by atoms with Gasteiger partial charge in [-0.2, -0.15) is 4.31 Å². The second-order valence-electron chi connectivity index (χ2n) is 10.4. The fourth-order valence-corrected chi connectivity index (χ4v) is 7.34. The van der Waals surface area contributed by atoms with E-state index in [0.717, 1.165) is 42.0 Å². The number of benzene rings is 3. The van der Waals surface area contributed by atoms with Gasteiger partial charge in [0.2, 0.25) is 15.9 Å². The topological polar surface area (TPSA) is 60.9 Å². The highest BCUT2D eigenvalue weighted by Crippen LogP contribution is 2.28. The monoisotopic (exact) mass is 537 g/mol. The molecule has 6 nitrogen and oxygen atoms in total. The number of nitrogens with zero attached hydrogens (tertiary/aromatic N) is 3. The van der Waals surface area contributed by atoms with E-state index in [9.17, 15) is 17.6 Å². The molecule has 3 aromatic carbocycles. The van der Waals surface area contributed by atoms with Gasteiger partial charge in [0.25, 0.3) is 0 Å². The zero-order chi connectivity index (χ0) is 26.5. The van der Waals surface area contributed by atoms with E-state index in [1.54, 1.807) is 28.6 Å². The molecule has 0 spiro atoms. The molecule has 0 unspecified atom stereocenters. The number of hydrogen-bond acceptors (Lipinski definition) is 4. The molecule has 0 atom stereocenters. The Morgan fingerprint density at radius 2 is 1.55 bits per heavy atom. The van der Waals surface area contributed by atoms with Crippen molar-refractivity contribution in [3.8, 4) is 0 Å². The SMILES string of the molecule is O=C(C1CCCCC1)N(CCN1CCN(S(=O)(=O)c2cccc3ccccc23)CC1)Cc1ccc(F)cc1. The highest BCUT2D eigenvalue weighted by Gasteiger charge is 2.31. The molecule has 1 amide bonds. The van der Waals surface area contributed by atoms with Gasteiger partial charge >= 0.3 is 0 Å². The maximum absolute atomic E-state index is 13.5. The highest BCUT2D eigenvalue weighted by molar-refractivity contribution is 7.89. The summed E-state index contributed by atoms with van der Waals surface area (Å²) in [5.41, 5.74) is 0.918. The Morgan fingerprint density at radius 3 is 2.29 bits per heavy atom. The lowest BCUT2D eigenvalue weighted by Crippen LogP contribution is -2.50. The van der Waals surface area contributed by atoms with Gasteiger partial charge in [0, 0.05) is 57.1 Å². The minimum atomic E-state index is -3.60. The van der Waals surface area contributed by atoms with Crippen LogP contribution >= 0.6 is 0 Å². The second-order valence-corrected chi connectivity index (χ2v) is 12.4. The molecule has 1 heterocycles. The van der Waals surface area contributed by atoms with E-state index in [-0.39, 0.29) is 17.6 Å². The first-order valence-electron chi connectivity index (χ1n) is 13.7. The van der Waals surface area contributed by atoms with Crippen molar-refractivity contribution in [3.05, 3.63) is 78.1 Å². The van der Waals surface area contributed by atoms with Crippen LogP contribution < -0.4 is 0 Å². The summed E-state index contributed by atoms with van der Waals surface area (Å²) in [4.78, 5) is 17.9. The summed E-state index contributed by atoms with van der Waals surface area (Å²) in [6.07, 6.45) is 5.24. The molecule has 1 aliphatic carbocycles. The molecule has 1 saturated carbocycles. The predicted molar refractivity (Wildman–Crippen MR) is 148 cm³/mol. The van der Waals surface area contributed by atoms with Gasteiger partial charge in [-0.1, -0.05) is 67.8 Å². The number of hydrogen-bond donors (Lipinski definition) is 0. The average Bonchev–Trinajstić information content (AvgIpc) is 2.96. The van der Waals surface area contributed by atoms with Gasteiger partial charge in [-0.05, 0) is 42.0 Å². The van der Waals surface area contributed by atoms with Crippen molar-refractivity contribution in [1.82, 2.24) is 14.1 Å². The minimum Gasteiger partial charge on any atom is -0.337 e. The van der Waals surface area contributed by atoms with Crippen LogP contribution in [0.2, 0.25) is 0 Å². The van der Waals surface area contributed by atoms with Crippen LogP contribution in [0.25, 0.3) is 10.8 Å². The number of amides is 1. The number of piperazine rings is 1. The lowest BCUT2D eigenvalue weighted by atomic mass is 9.88. The molecule has 0 bridgehead atoms. The number of rotatable bonds is 8. The highest BCUT2D eigenvalue weighted by atomic mass is 32.2. The van der Waals surface area contributed by atoms with Crippen molar-refractivity contribution in [2.75, 3.05) is 39.3 Å². The zero-order valence-electron chi connectivity index (χ0n) is 21.8. The second kappa shape index (κ2) is 11.9. The third kappa shape index (κ3) is 6.08. The molecule has 2 fully saturated rings. The van der Waals surface area contributed by atoms with Gasteiger partial charge in [-0.3, -0.25) is 9.69 Å². The van der Waals surface area contributed by atoms with Crippen molar-refractivity contribution in [3.63, 3.8) is 0 Å². The van der Waals surface area contributed by atoms with Gasteiger partial charge in [0.15, 0.2) is 0 Å². The molecule has 8 heteroatoms. The predicted octanol–water partition coefficient (Wildman–Crippen LogP) is 4.89. The fourth-order valence-electron chi connectivity index (χ4n) is 5.70. The molecule has 3 aromatic rings. The molecule has 0 radical (unpaired) electrons. The first-order valence-corrected chi connectivity index (χ1v) is 15.1. The molecule has 1 saturated heterocycles. The van der Waals surface area contributed by atoms with E-state index in [1.807, 2.05) is 35.2 Å². The normalized spacial score (nSPS) is 18.0. The molecule has 38 heavy (non-hydrogen) atoms. The number of sulfonamides is 1. The fraction of sp³-hybridized carbons (Fsp3) is 0.433. The Hall–Kier alpha value is -2.81. The number of carbonyl (C=O) groups excluding carboxylic acids is 1. The first kappa shape index (κ1) is 26.8. The van der Waals surface area contributed by atoms with Crippen LogP contribution in [0.3, 0.4) is 0 Å². The Balaban J connectivity index is 1.22. The van der Waals surface area contributed by atoms with E-state index < -0.39 is 10.0 Å². The van der Waals surface area contributed by atoms with Crippen LogP contribution in [0.4, 0.5) is 4.39 Å². The summed E-state index contributed by atoms with van der Waals surface area (Å²) >= 11 is 0. The van der Waals surface area contributed by atoms with Crippen molar-refractivity contribution in [2.45, 2.75) is 43.5 Å². The van der Waals surface area contributed by atoms with Gasteiger partial charge < -0.3 is 4.90 Å². The Labute approximate surface area is 225 Å². The largest absolute Gasteiger partial charge is 0.337 e. The van der Waals surface area contributed by atoms with Crippen LogP contribution in [0.5, 0.6) is 0 Å². The smallest absolute Gasteiger partial charge is 0.243 e. The summed E-state index contributed by atoms with van der Waals surface area (Å²) in [6.45, 7) is 3.79. The zero-order valence-corrected chi connectivity index (χ0v) is 22.6. The Kier molecular flexibility index (Phi) is 8.41. The van der Waals surface area contributed by atoms with Crippen LogP contribution in [-0.4, -0.2) is 67.7 Å². The first-order chi connectivity index (χ1) is 18.4. The van der Waals surface area contributed by atoms with E-state index in [2.05, 4.69) is 4.90 Å². The molecule has 2 aliphatic rings. The molecular formula is C30H36FN3O3S. The van der Waals surface area contributed by atoms with Crippen LogP contribution in [0, 0.1) is 11.7 Å². The molecular weight excluding hydrogens is 501 g/mol. The molecule has 5 rings (SSSR count). The lowest BCUT2D eigenvalue weighted by Gasteiger charge is -2.36. The van der Waals surface area contributed by atoms with E-state index in [1.165, 1.54) is 18.6 Å². The van der Waals surface area contributed by atoms with Gasteiger partial charge in [-0.15, -0.1) is 0 Å². The Morgan fingerprint density at radius 1 is 0.868 bits per heavy atom. The van der Waals surface area contributed by atoms with Crippen LogP contribution in [-0.2, 0) is 21.4 Å². The van der Waals surface area contributed by atoms with Crippen molar-refractivity contribution < 1.29 is 17.6 Å². The van der Waals surface area contributed by atoms with Crippen molar-refractivity contribution >= 4 is 26.7 Å². The number of carbonyl (C=O) groups is 1. The van der Waals surface area contributed by atoms with Gasteiger partial charge in [0.05, 0.1) is 4.90 Å². The molecule has 1 aliphatic heterocycles. The minimum absolute atomic E-state index is 0.0619. The maximum atomic E-state index is 13.5. The Bertz CT molecular complexity index is 1340. The van der Waals surface area contributed by atoms with E-state index >= 15 is 0 Å². The summed E-state index contributed by atoms with van der Waals surface area (Å²) in [6, 6.07) is 19.3. The molecule has 0 aromatic heterocycles. The van der Waals surface area contributed by atoms with Crippen LogP contribution in [0.1, 0.15) is 37.7 Å². The number of halogens is 1. The van der Waals surface area contributed by atoms with Crippen molar-refractivity contribution in [2.24, 2.45) is 5.92 Å². The quantitative estimate of drug-likeness (QED) is 0.410. The molecule has 202 valence electrons. The number of fused-ring (bicyclic) bond motifs is 1. The van der Waals surface area contributed by atoms with E-state index in [4.69, 9.17) is 0 Å². The summed E-state index contributed by atoms with van der Waals surface area (Å²) < 4.78 is 42.0. The standard InChI is InChI=1S/C30H36FN3O3S/c31-27-15-13-24(14-16-27)23-33(30(35)26-8-2-1-3-9-26)20-17-32-18-21-34(22-19-32)38(36,37)29-12-6-10-25-7-4-5-11-28(25)29/h4-7,10-16,26H,1-3,8-9,17-23H2. The summed E-state index contributed by atoms with van der Waals surface area (Å²) in [5.74, 6) is -0.0340. The van der Waals surface area contributed by atoms with Crippen LogP contribution in [0.15, 0.2) is 71.6 Å². The third-order valence-electron chi connectivity index (χ3n) is 7.94. The van der Waals surface area contributed by atoms with Crippen molar-refractivity contribution in [1.29, 1.82) is 0 Å². The molecule has 0 N–H and O–H groups in total. The van der Waals surface area contributed by atoms with E-state index in [0.29, 0.717) is 50.7 Å². The van der Waals surface area contributed by atoms with Gasteiger partial charge in [-0.25, -0.2) is 12.8 Å². The lowest BCUT2D eigenvalue weighted by molar-refractivity contribution is -0.137. The third-order valence-corrected chi connectivity index (χ3v) is 9.89.